The van der Waals surface area contributed by atoms with E-state index in [9.17, 15) is 13.2 Å². The predicted octanol–water partition coefficient (Wildman–Crippen LogP) is 3.54. The van der Waals surface area contributed by atoms with E-state index in [4.69, 9.17) is 0 Å². The van der Waals surface area contributed by atoms with E-state index in [0.717, 1.165) is 23.7 Å². The molecule has 2 heterocycles. The molecular formula is C14H18F3N3. The van der Waals surface area contributed by atoms with Crippen molar-refractivity contribution in [3.8, 4) is 0 Å². The third kappa shape index (κ3) is 2.80. The summed E-state index contributed by atoms with van der Waals surface area (Å²) >= 11 is 0. The largest absolute Gasteiger partial charge is 0.417 e. The lowest BCUT2D eigenvalue weighted by molar-refractivity contribution is -0.137. The maximum atomic E-state index is 12.8. The fourth-order valence-corrected chi connectivity index (χ4v) is 2.20. The molecule has 0 amide bonds. The maximum absolute atomic E-state index is 12.8. The molecule has 2 rings (SSSR count). The summed E-state index contributed by atoms with van der Waals surface area (Å²) in [6.07, 6.45) is -3.21. The summed E-state index contributed by atoms with van der Waals surface area (Å²) in [5.41, 5.74) is 1.56. The van der Waals surface area contributed by atoms with E-state index in [1.54, 1.807) is 4.40 Å². The van der Waals surface area contributed by atoms with Crippen LogP contribution in [0.2, 0.25) is 0 Å². The molecule has 0 aliphatic heterocycles. The van der Waals surface area contributed by atoms with Crippen molar-refractivity contribution in [3.05, 3.63) is 35.3 Å². The number of hydrogen-bond donors (Lipinski definition) is 0. The second-order valence-corrected chi connectivity index (χ2v) is 5.48. The lowest BCUT2D eigenvalue weighted by Gasteiger charge is -2.13. The first-order chi connectivity index (χ1) is 9.20. The van der Waals surface area contributed by atoms with Gasteiger partial charge in [0.2, 0.25) is 0 Å². The summed E-state index contributed by atoms with van der Waals surface area (Å²) in [5, 5.41) is 0. The number of alkyl halides is 3. The number of halogens is 3. The Balaban J connectivity index is 2.65. The van der Waals surface area contributed by atoms with E-state index in [1.807, 2.05) is 32.8 Å². The van der Waals surface area contributed by atoms with Crippen molar-refractivity contribution in [2.24, 2.45) is 0 Å². The third-order valence-electron chi connectivity index (χ3n) is 3.09. The van der Waals surface area contributed by atoms with Gasteiger partial charge in [0, 0.05) is 12.7 Å². The minimum absolute atomic E-state index is 0.166. The second-order valence-electron chi connectivity index (χ2n) is 5.48. The highest BCUT2D eigenvalue weighted by molar-refractivity contribution is 5.46. The molecule has 0 radical (unpaired) electrons. The van der Waals surface area contributed by atoms with Crippen molar-refractivity contribution in [3.63, 3.8) is 0 Å². The molecule has 0 spiro atoms. The van der Waals surface area contributed by atoms with E-state index in [1.165, 1.54) is 6.07 Å². The maximum Gasteiger partial charge on any atom is 0.417 e. The Morgan fingerprint density at radius 1 is 1.25 bits per heavy atom. The molecule has 0 unspecified atom stereocenters. The molecule has 110 valence electrons. The summed E-state index contributed by atoms with van der Waals surface area (Å²) in [6.45, 7) is 4.53. The van der Waals surface area contributed by atoms with Crippen molar-refractivity contribution in [2.75, 3.05) is 14.1 Å². The van der Waals surface area contributed by atoms with Gasteiger partial charge >= 0.3 is 6.18 Å². The topological polar surface area (TPSA) is 20.5 Å². The van der Waals surface area contributed by atoms with Crippen molar-refractivity contribution in [2.45, 2.75) is 32.5 Å². The first kappa shape index (κ1) is 14.8. The highest BCUT2D eigenvalue weighted by Gasteiger charge is 2.31. The molecule has 2 aromatic rings. The van der Waals surface area contributed by atoms with Gasteiger partial charge < -0.3 is 9.30 Å². The lowest BCUT2D eigenvalue weighted by Crippen LogP contribution is -2.15. The average molecular weight is 285 g/mol. The zero-order chi connectivity index (χ0) is 15.1. The summed E-state index contributed by atoms with van der Waals surface area (Å²) in [5.74, 6) is 0.166. The van der Waals surface area contributed by atoms with Gasteiger partial charge in [0.1, 0.15) is 5.65 Å². The van der Waals surface area contributed by atoms with Gasteiger partial charge in [-0.15, -0.1) is 0 Å². The Labute approximate surface area is 116 Å². The van der Waals surface area contributed by atoms with Gasteiger partial charge in [-0.05, 0) is 32.1 Å². The molecule has 0 aliphatic carbocycles. The molecular weight excluding hydrogens is 267 g/mol. The lowest BCUT2D eigenvalue weighted by atomic mass is 10.1. The highest BCUT2D eigenvalue weighted by atomic mass is 19.4. The van der Waals surface area contributed by atoms with Gasteiger partial charge in [-0.1, -0.05) is 13.8 Å². The molecule has 0 saturated carbocycles. The normalized spacial score (nSPS) is 12.8. The van der Waals surface area contributed by atoms with Crippen LogP contribution in [0.5, 0.6) is 0 Å². The van der Waals surface area contributed by atoms with Crippen LogP contribution in [0.4, 0.5) is 13.2 Å². The van der Waals surface area contributed by atoms with E-state index >= 15 is 0 Å². The summed E-state index contributed by atoms with van der Waals surface area (Å²) < 4.78 is 40.0. The van der Waals surface area contributed by atoms with Crippen molar-refractivity contribution < 1.29 is 13.2 Å². The minimum atomic E-state index is -4.34. The summed E-state index contributed by atoms with van der Waals surface area (Å²) in [4.78, 5) is 6.38. The molecule has 0 N–H and O–H groups in total. The summed E-state index contributed by atoms with van der Waals surface area (Å²) in [7, 11) is 3.77. The fourth-order valence-electron chi connectivity index (χ4n) is 2.20. The molecule has 0 saturated heterocycles. The standard InChI is InChI=1S/C14H18F3N3/c1-9(2)13-11(8-19(3)4)20-7-10(14(15,16)17)5-6-12(20)18-13/h5-7,9H,8H2,1-4H3. The molecule has 0 fully saturated rings. The van der Waals surface area contributed by atoms with Crippen LogP contribution in [0, 0.1) is 0 Å². The quantitative estimate of drug-likeness (QED) is 0.860. The smallest absolute Gasteiger partial charge is 0.304 e. The molecule has 6 heteroatoms. The molecule has 0 bridgehead atoms. The molecule has 3 nitrogen and oxygen atoms in total. The van der Waals surface area contributed by atoms with Crippen LogP contribution in [-0.2, 0) is 12.7 Å². The number of rotatable bonds is 3. The summed E-state index contributed by atoms with van der Waals surface area (Å²) in [6, 6.07) is 2.50. The van der Waals surface area contributed by atoms with Crippen LogP contribution in [0.1, 0.15) is 36.7 Å². The van der Waals surface area contributed by atoms with Crippen LogP contribution in [0.15, 0.2) is 18.3 Å². The van der Waals surface area contributed by atoms with E-state index in [0.29, 0.717) is 12.2 Å². The van der Waals surface area contributed by atoms with Crippen LogP contribution in [0.3, 0.4) is 0 Å². The number of imidazole rings is 1. The highest BCUT2D eigenvalue weighted by Crippen LogP contribution is 2.30. The first-order valence-corrected chi connectivity index (χ1v) is 6.43. The number of hydrogen-bond acceptors (Lipinski definition) is 2. The Bertz CT molecular complexity index is 612. The molecule has 2 aromatic heterocycles. The number of nitrogens with zero attached hydrogens (tertiary/aromatic N) is 3. The third-order valence-corrected chi connectivity index (χ3v) is 3.09. The van der Waals surface area contributed by atoms with E-state index in [-0.39, 0.29) is 5.92 Å². The number of fused-ring (bicyclic) bond motifs is 1. The SMILES string of the molecule is CC(C)c1nc2ccc(C(F)(F)F)cn2c1CN(C)C. The molecule has 0 aromatic carbocycles. The first-order valence-electron chi connectivity index (χ1n) is 6.43. The molecule has 20 heavy (non-hydrogen) atoms. The van der Waals surface area contributed by atoms with Gasteiger partial charge in [-0.2, -0.15) is 13.2 Å². The van der Waals surface area contributed by atoms with E-state index in [2.05, 4.69) is 4.98 Å². The monoisotopic (exact) mass is 285 g/mol. The number of aromatic nitrogens is 2. The van der Waals surface area contributed by atoms with Crippen LogP contribution in [-0.4, -0.2) is 28.4 Å². The Hall–Kier alpha value is -1.56. The molecule has 0 aliphatic rings. The van der Waals surface area contributed by atoms with Gasteiger partial charge in [-0.25, -0.2) is 4.98 Å². The van der Waals surface area contributed by atoms with Crippen molar-refractivity contribution >= 4 is 5.65 Å². The second kappa shape index (κ2) is 5.09. The van der Waals surface area contributed by atoms with Crippen LogP contribution in [0.25, 0.3) is 5.65 Å². The Kier molecular flexibility index (Phi) is 3.77. The van der Waals surface area contributed by atoms with Gasteiger partial charge in [-0.3, -0.25) is 0 Å². The van der Waals surface area contributed by atoms with Crippen LogP contribution >= 0.6 is 0 Å². The van der Waals surface area contributed by atoms with Gasteiger partial charge in [0.05, 0.1) is 17.0 Å². The Morgan fingerprint density at radius 2 is 1.90 bits per heavy atom. The van der Waals surface area contributed by atoms with Gasteiger partial charge in [0.15, 0.2) is 0 Å². The zero-order valence-electron chi connectivity index (χ0n) is 12.0. The molecule has 0 atom stereocenters. The van der Waals surface area contributed by atoms with Crippen LogP contribution < -0.4 is 0 Å². The van der Waals surface area contributed by atoms with Gasteiger partial charge in [0.25, 0.3) is 0 Å². The van der Waals surface area contributed by atoms with E-state index < -0.39 is 11.7 Å². The average Bonchev–Trinajstić information content (AvgIpc) is 2.65. The fraction of sp³-hybridized carbons (Fsp3) is 0.500. The number of pyridine rings is 1. The minimum Gasteiger partial charge on any atom is -0.304 e. The van der Waals surface area contributed by atoms with Crippen molar-refractivity contribution in [1.82, 2.24) is 14.3 Å². The van der Waals surface area contributed by atoms with Crippen molar-refractivity contribution in [1.29, 1.82) is 0 Å². The predicted molar refractivity (Wildman–Crippen MR) is 71.7 cm³/mol. The Morgan fingerprint density at radius 3 is 2.40 bits per heavy atom. The zero-order valence-corrected chi connectivity index (χ0v) is 12.0.